The van der Waals surface area contributed by atoms with E-state index in [0.29, 0.717) is 0 Å². The highest BCUT2D eigenvalue weighted by atomic mass is 79.9. The SMILES string of the molecule is N#Cc1ccc(OC(F)(F)F)c(Br)c1N. The molecular weight excluding hydrogens is 277 g/mol. The van der Waals surface area contributed by atoms with Gasteiger partial charge in [-0.15, -0.1) is 13.2 Å². The predicted molar refractivity (Wildman–Crippen MR) is 50.0 cm³/mol. The Labute approximate surface area is 91.4 Å². The molecule has 1 aromatic rings. The lowest BCUT2D eigenvalue weighted by Crippen LogP contribution is -2.17. The molecule has 80 valence electrons. The van der Waals surface area contributed by atoms with Crippen molar-refractivity contribution in [2.24, 2.45) is 0 Å². The molecule has 15 heavy (non-hydrogen) atoms. The topological polar surface area (TPSA) is 59.0 Å². The monoisotopic (exact) mass is 280 g/mol. The van der Waals surface area contributed by atoms with E-state index in [4.69, 9.17) is 11.0 Å². The van der Waals surface area contributed by atoms with Crippen LogP contribution in [0.25, 0.3) is 0 Å². The van der Waals surface area contributed by atoms with E-state index in [1.54, 1.807) is 6.07 Å². The molecule has 0 saturated carbocycles. The maximum atomic E-state index is 11.9. The lowest BCUT2D eigenvalue weighted by Gasteiger charge is -2.11. The van der Waals surface area contributed by atoms with E-state index in [-0.39, 0.29) is 15.7 Å². The average Bonchev–Trinajstić information content (AvgIpc) is 2.11. The Balaban J connectivity index is 3.14. The maximum Gasteiger partial charge on any atom is 0.573 e. The molecule has 1 aromatic carbocycles. The zero-order valence-corrected chi connectivity index (χ0v) is 8.69. The first kappa shape index (κ1) is 11.7. The minimum absolute atomic E-state index is 0.0800. The fourth-order valence-electron chi connectivity index (χ4n) is 0.874. The molecule has 0 aliphatic heterocycles. The van der Waals surface area contributed by atoms with Crippen molar-refractivity contribution in [3.05, 3.63) is 22.2 Å². The molecule has 3 nitrogen and oxygen atoms in total. The summed E-state index contributed by atoms with van der Waals surface area (Å²) in [5.74, 6) is -0.473. The second kappa shape index (κ2) is 3.98. The van der Waals surface area contributed by atoms with Gasteiger partial charge in [0.25, 0.3) is 0 Å². The molecule has 0 atom stereocenters. The minimum atomic E-state index is -4.79. The molecule has 0 radical (unpaired) electrons. The number of nitrogens with two attached hydrogens (primary N) is 1. The summed E-state index contributed by atoms with van der Waals surface area (Å²) in [5.41, 5.74) is 5.39. The maximum absolute atomic E-state index is 11.9. The normalized spacial score (nSPS) is 10.9. The first-order chi connectivity index (χ1) is 6.85. The second-order valence-electron chi connectivity index (χ2n) is 2.50. The number of rotatable bonds is 1. The molecule has 0 unspecified atom stereocenters. The standard InChI is InChI=1S/C8H4BrF3N2O/c9-6-5(15-8(10,11)12)2-1-4(3-13)7(6)14/h1-2H,14H2. The van der Waals surface area contributed by atoms with Crippen molar-refractivity contribution >= 4 is 21.6 Å². The molecule has 0 aromatic heterocycles. The number of hydrogen-bond acceptors (Lipinski definition) is 3. The van der Waals surface area contributed by atoms with Gasteiger partial charge in [-0.2, -0.15) is 5.26 Å². The third-order valence-electron chi connectivity index (χ3n) is 1.49. The number of halogens is 4. The lowest BCUT2D eigenvalue weighted by atomic mass is 10.2. The van der Waals surface area contributed by atoms with E-state index in [0.717, 1.165) is 12.1 Å². The summed E-state index contributed by atoms with van der Waals surface area (Å²) in [6.45, 7) is 0. The number of nitrogens with zero attached hydrogens (tertiary/aromatic N) is 1. The van der Waals surface area contributed by atoms with Crippen LogP contribution < -0.4 is 10.5 Å². The van der Waals surface area contributed by atoms with Gasteiger partial charge < -0.3 is 10.5 Å². The molecule has 0 heterocycles. The van der Waals surface area contributed by atoms with Crippen LogP contribution in [0.5, 0.6) is 5.75 Å². The quantitative estimate of drug-likeness (QED) is 0.805. The van der Waals surface area contributed by atoms with E-state index < -0.39 is 12.1 Å². The van der Waals surface area contributed by atoms with E-state index in [2.05, 4.69) is 20.7 Å². The molecule has 1 rings (SSSR count). The van der Waals surface area contributed by atoms with Gasteiger partial charge >= 0.3 is 6.36 Å². The van der Waals surface area contributed by atoms with Crippen LogP contribution in [0.2, 0.25) is 0 Å². The van der Waals surface area contributed by atoms with Crippen LogP contribution in [0.3, 0.4) is 0 Å². The van der Waals surface area contributed by atoms with Crippen LogP contribution in [0, 0.1) is 11.3 Å². The van der Waals surface area contributed by atoms with Gasteiger partial charge in [-0.1, -0.05) is 0 Å². The van der Waals surface area contributed by atoms with Crippen LogP contribution in [0.1, 0.15) is 5.56 Å². The first-order valence-electron chi connectivity index (χ1n) is 3.59. The Kier molecular flexibility index (Phi) is 3.09. The molecule has 0 aliphatic carbocycles. The fourth-order valence-corrected chi connectivity index (χ4v) is 1.30. The van der Waals surface area contributed by atoms with Crippen molar-refractivity contribution in [3.63, 3.8) is 0 Å². The van der Waals surface area contributed by atoms with Crippen molar-refractivity contribution < 1.29 is 17.9 Å². The smallest absolute Gasteiger partial charge is 0.405 e. The van der Waals surface area contributed by atoms with Crippen molar-refractivity contribution in [2.75, 3.05) is 5.73 Å². The molecule has 0 spiro atoms. The van der Waals surface area contributed by atoms with E-state index in [1.165, 1.54) is 0 Å². The van der Waals surface area contributed by atoms with Crippen LogP contribution in [0.4, 0.5) is 18.9 Å². The van der Waals surface area contributed by atoms with Crippen LogP contribution in [-0.2, 0) is 0 Å². The van der Waals surface area contributed by atoms with E-state index >= 15 is 0 Å². The van der Waals surface area contributed by atoms with Crippen molar-refractivity contribution in [1.82, 2.24) is 0 Å². The van der Waals surface area contributed by atoms with Crippen molar-refractivity contribution in [3.8, 4) is 11.8 Å². The van der Waals surface area contributed by atoms with Gasteiger partial charge in [0, 0.05) is 0 Å². The number of alkyl halides is 3. The summed E-state index contributed by atoms with van der Waals surface area (Å²) < 4.78 is 39.3. The highest BCUT2D eigenvalue weighted by molar-refractivity contribution is 9.10. The molecule has 0 fully saturated rings. The van der Waals surface area contributed by atoms with Gasteiger partial charge in [0.05, 0.1) is 15.7 Å². The fraction of sp³-hybridized carbons (Fsp3) is 0.125. The summed E-state index contributed by atoms with van der Waals surface area (Å²) >= 11 is 2.82. The van der Waals surface area contributed by atoms with Gasteiger partial charge in [0.15, 0.2) is 0 Å². The Morgan fingerprint density at radius 3 is 2.47 bits per heavy atom. The Bertz CT molecular complexity index is 425. The highest BCUT2D eigenvalue weighted by Gasteiger charge is 2.32. The summed E-state index contributed by atoms with van der Waals surface area (Å²) in [5, 5.41) is 8.55. The Hall–Kier alpha value is -1.42. The van der Waals surface area contributed by atoms with Gasteiger partial charge in [-0.25, -0.2) is 0 Å². The third-order valence-corrected chi connectivity index (χ3v) is 2.31. The summed E-state index contributed by atoms with van der Waals surface area (Å²) in [7, 11) is 0. The zero-order chi connectivity index (χ0) is 11.6. The second-order valence-corrected chi connectivity index (χ2v) is 3.29. The van der Waals surface area contributed by atoms with Gasteiger partial charge in [-0.05, 0) is 28.1 Å². The average molecular weight is 281 g/mol. The summed E-state index contributed by atoms with van der Waals surface area (Å²) in [6.07, 6.45) is -4.79. The Morgan fingerprint density at radius 2 is 2.00 bits per heavy atom. The third kappa shape index (κ3) is 2.76. The van der Waals surface area contributed by atoms with Gasteiger partial charge in [-0.3, -0.25) is 0 Å². The summed E-state index contributed by atoms with van der Waals surface area (Å²) in [4.78, 5) is 0. The number of nitriles is 1. The van der Waals surface area contributed by atoms with E-state index in [1.807, 2.05) is 0 Å². The van der Waals surface area contributed by atoms with Gasteiger partial charge in [0.2, 0.25) is 0 Å². The van der Waals surface area contributed by atoms with Crippen LogP contribution >= 0.6 is 15.9 Å². The molecule has 0 bridgehead atoms. The molecular formula is C8H4BrF3N2O. The summed E-state index contributed by atoms with van der Waals surface area (Å²) in [6, 6.07) is 3.91. The number of anilines is 1. The minimum Gasteiger partial charge on any atom is -0.405 e. The molecule has 7 heteroatoms. The highest BCUT2D eigenvalue weighted by Crippen LogP contribution is 2.35. The Morgan fingerprint density at radius 1 is 1.40 bits per heavy atom. The number of ether oxygens (including phenoxy) is 1. The molecule has 0 amide bonds. The molecule has 2 N–H and O–H groups in total. The predicted octanol–water partition coefficient (Wildman–Crippen LogP) is 2.80. The molecule has 0 aliphatic rings. The van der Waals surface area contributed by atoms with Crippen LogP contribution in [0.15, 0.2) is 16.6 Å². The van der Waals surface area contributed by atoms with E-state index in [9.17, 15) is 13.2 Å². The first-order valence-corrected chi connectivity index (χ1v) is 4.38. The molecule has 0 saturated heterocycles. The number of hydrogen-bond donors (Lipinski definition) is 1. The van der Waals surface area contributed by atoms with Crippen molar-refractivity contribution in [1.29, 1.82) is 5.26 Å². The lowest BCUT2D eigenvalue weighted by molar-refractivity contribution is -0.274. The zero-order valence-electron chi connectivity index (χ0n) is 7.10. The van der Waals surface area contributed by atoms with Gasteiger partial charge in [0.1, 0.15) is 11.8 Å². The van der Waals surface area contributed by atoms with Crippen LogP contribution in [-0.4, -0.2) is 6.36 Å². The van der Waals surface area contributed by atoms with Crippen molar-refractivity contribution in [2.45, 2.75) is 6.36 Å². The number of benzene rings is 1. The number of nitrogen functional groups attached to an aromatic ring is 1. The largest absolute Gasteiger partial charge is 0.573 e.